The second-order valence-electron chi connectivity index (χ2n) is 4.59. The van der Waals surface area contributed by atoms with Gasteiger partial charge in [0.2, 0.25) is 11.8 Å². The number of nitrogens with one attached hydrogen (secondary N) is 2. The van der Waals surface area contributed by atoms with Crippen LogP contribution in [0.4, 0.5) is 0 Å². The Morgan fingerprint density at radius 1 is 1.11 bits per heavy atom. The van der Waals surface area contributed by atoms with Gasteiger partial charge in [-0.2, -0.15) is 0 Å². The Labute approximate surface area is 104 Å². The number of hydrogen-bond acceptors (Lipinski definition) is 4. The Balaban J connectivity index is 1.68. The van der Waals surface area contributed by atoms with Gasteiger partial charge < -0.3 is 20.5 Å². The molecule has 3 N–H and O–H groups in total. The highest BCUT2D eigenvalue weighted by Crippen LogP contribution is 2.20. The number of amides is 2. The van der Waals surface area contributed by atoms with Crippen LogP contribution in [0.3, 0.4) is 0 Å². The molecule has 0 spiro atoms. The molecule has 0 bridgehead atoms. The van der Waals surface area contributed by atoms with E-state index in [2.05, 4.69) is 10.6 Å². The summed E-state index contributed by atoms with van der Waals surface area (Å²) in [5.74, 6) is -1.71. The smallest absolute Gasteiger partial charge is 0.332 e. The van der Waals surface area contributed by atoms with Gasteiger partial charge >= 0.3 is 5.97 Å². The standard InChI is InChI=1S/C11H16N2O5/c14-9(13-6-1-2-6)5-12-10(15)7-3-4-8(18-7)11(16)17/h6-8H,1-5H2,(H,12,15)(H,13,14)(H,16,17). The van der Waals surface area contributed by atoms with Crippen molar-refractivity contribution in [3.8, 4) is 0 Å². The third kappa shape index (κ3) is 3.43. The van der Waals surface area contributed by atoms with Gasteiger partial charge in [-0.3, -0.25) is 9.59 Å². The van der Waals surface area contributed by atoms with E-state index >= 15 is 0 Å². The molecule has 2 aliphatic rings. The molecule has 2 amide bonds. The second-order valence-corrected chi connectivity index (χ2v) is 4.59. The second kappa shape index (κ2) is 5.34. The summed E-state index contributed by atoms with van der Waals surface area (Å²) in [5, 5.41) is 13.9. The normalized spacial score (nSPS) is 26.7. The molecule has 1 heterocycles. The zero-order valence-corrected chi connectivity index (χ0v) is 9.85. The van der Waals surface area contributed by atoms with Gasteiger partial charge in [0.25, 0.3) is 0 Å². The molecule has 1 saturated heterocycles. The van der Waals surface area contributed by atoms with Crippen molar-refractivity contribution in [2.24, 2.45) is 0 Å². The minimum Gasteiger partial charge on any atom is -0.479 e. The zero-order valence-electron chi connectivity index (χ0n) is 9.85. The Morgan fingerprint density at radius 2 is 1.78 bits per heavy atom. The molecule has 1 saturated carbocycles. The number of carboxylic acids is 1. The summed E-state index contributed by atoms with van der Waals surface area (Å²) in [7, 11) is 0. The minimum atomic E-state index is -1.06. The lowest BCUT2D eigenvalue weighted by molar-refractivity contribution is -0.152. The molecule has 1 aliphatic heterocycles. The molecule has 0 aromatic rings. The molecule has 0 aromatic heterocycles. The zero-order chi connectivity index (χ0) is 13.1. The summed E-state index contributed by atoms with van der Waals surface area (Å²) in [4.78, 5) is 33.6. The summed E-state index contributed by atoms with van der Waals surface area (Å²) < 4.78 is 5.07. The number of ether oxygens (including phenoxy) is 1. The molecular formula is C11H16N2O5. The van der Waals surface area contributed by atoms with E-state index in [0.717, 1.165) is 12.8 Å². The van der Waals surface area contributed by atoms with Crippen LogP contribution in [0.1, 0.15) is 25.7 Å². The predicted molar refractivity (Wildman–Crippen MR) is 59.7 cm³/mol. The molecule has 0 aromatic carbocycles. The van der Waals surface area contributed by atoms with E-state index in [1.165, 1.54) is 0 Å². The van der Waals surface area contributed by atoms with Crippen molar-refractivity contribution < 1.29 is 24.2 Å². The Morgan fingerprint density at radius 3 is 2.33 bits per heavy atom. The van der Waals surface area contributed by atoms with E-state index in [1.807, 2.05) is 0 Å². The van der Waals surface area contributed by atoms with Crippen molar-refractivity contribution in [1.82, 2.24) is 10.6 Å². The lowest BCUT2D eigenvalue weighted by atomic mass is 10.2. The first-order chi connectivity index (χ1) is 8.56. The number of aliphatic carboxylic acids is 1. The van der Waals surface area contributed by atoms with Crippen LogP contribution in [0, 0.1) is 0 Å². The van der Waals surface area contributed by atoms with Gasteiger partial charge in [0.15, 0.2) is 6.10 Å². The SMILES string of the molecule is O=C(CNC(=O)C1CCC(C(=O)O)O1)NC1CC1. The lowest BCUT2D eigenvalue weighted by Crippen LogP contribution is -2.42. The van der Waals surface area contributed by atoms with Crippen LogP contribution < -0.4 is 10.6 Å². The molecule has 2 unspecified atom stereocenters. The van der Waals surface area contributed by atoms with Gasteiger partial charge in [-0.1, -0.05) is 0 Å². The molecule has 2 fully saturated rings. The highest BCUT2D eigenvalue weighted by molar-refractivity contribution is 5.87. The molecule has 2 atom stereocenters. The van der Waals surface area contributed by atoms with E-state index in [-0.39, 0.29) is 18.5 Å². The van der Waals surface area contributed by atoms with Crippen LogP contribution in [-0.4, -0.2) is 47.7 Å². The minimum absolute atomic E-state index is 0.0903. The predicted octanol–water partition coefficient (Wildman–Crippen LogP) is -0.987. The van der Waals surface area contributed by atoms with E-state index in [0.29, 0.717) is 12.8 Å². The summed E-state index contributed by atoms with van der Waals surface area (Å²) >= 11 is 0. The quantitative estimate of drug-likeness (QED) is 0.586. The molecule has 100 valence electrons. The van der Waals surface area contributed by atoms with Crippen LogP contribution in [0.15, 0.2) is 0 Å². The Hall–Kier alpha value is -1.63. The van der Waals surface area contributed by atoms with Crippen molar-refractivity contribution in [2.75, 3.05) is 6.54 Å². The summed E-state index contributed by atoms with van der Waals surface area (Å²) in [6, 6.07) is 0.258. The summed E-state index contributed by atoms with van der Waals surface area (Å²) in [5.41, 5.74) is 0. The fourth-order valence-corrected chi connectivity index (χ4v) is 1.80. The van der Waals surface area contributed by atoms with Crippen molar-refractivity contribution in [3.63, 3.8) is 0 Å². The van der Waals surface area contributed by atoms with E-state index in [9.17, 15) is 14.4 Å². The number of hydrogen-bond donors (Lipinski definition) is 3. The third-order valence-electron chi connectivity index (χ3n) is 2.95. The number of carboxylic acid groups (broad SMARTS) is 1. The van der Waals surface area contributed by atoms with Gasteiger partial charge in [0.1, 0.15) is 6.10 Å². The van der Waals surface area contributed by atoms with Crippen molar-refractivity contribution >= 4 is 17.8 Å². The van der Waals surface area contributed by atoms with Crippen LogP contribution in [0.2, 0.25) is 0 Å². The fraction of sp³-hybridized carbons (Fsp3) is 0.727. The lowest BCUT2D eigenvalue weighted by Gasteiger charge is -2.11. The average Bonchev–Trinajstić information content (AvgIpc) is 2.98. The highest BCUT2D eigenvalue weighted by atomic mass is 16.5. The highest BCUT2D eigenvalue weighted by Gasteiger charge is 2.34. The first-order valence-electron chi connectivity index (χ1n) is 6.01. The molecule has 0 radical (unpaired) electrons. The monoisotopic (exact) mass is 256 g/mol. The van der Waals surface area contributed by atoms with Crippen molar-refractivity contribution in [1.29, 1.82) is 0 Å². The first-order valence-corrected chi connectivity index (χ1v) is 6.01. The van der Waals surface area contributed by atoms with E-state index in [1.54, 1.807) is 0 Å². The number of carbonyl (C=O) groups excluding carboxylic acids is 2. The van der Waals surface area contributed by atoms with Gasteiger partial charge in [-0.05, 0) is 25.7 Å². The average molecular weight is 256 g/mol. The molecule has 1 aliphatic carbocycles. The Bertz CT molecular complexity index is 366. The summed E-state index contributed by atoms with van der Waals surface area (Å²) in [6.45, 7) is -0.0903. The van der Waals surface area contributed by atoms with E-state index < -0.39 is 24.1 Å². The molecule has 7 nitrogen and oxygen atoms in total. The fourth-order valence-electron chi connectivity index (χ4n) is 1.80. The topological polar surface area (TPSA) is 105 Å². The van der Waals surface area contributed by atoms with Crippen LogP contribution in [-0.2, 0) is 19.1 Å². The van der Waals surface area contributed by atoms with Crippen LogP contribution >= 0.6 is 0 Å². The van der Waals surface area contributed by atoms with Gasteiger partial charge in [0.05, 0.1) is 6.54 Å². The molecule has 2 rings (SSSR count). The van der Waals surface area contributed by atoms with Gasteiger partial charge in [-0.15, -0.1) is 0 Å². The van der Waals surface area contributed by atoms with E-state index in [4.69, 9.17) is 9.84 Å². The van der Waals surface area contributed by atoms with Gasteiger partial charge in [-0.25, -0.2) is 4.79 Å². The third-order valence-corrected chi connectivity index (χ3v) is 2.95. The maximum Gasteiger partial charge on any atom is 0.332 e. The van der Waals surface area contributed by atoms with Crippen molar-refractivity contribution in [3.05, 3.63) is 0 Å². The maximum atomic E-state index is 11.6. The first kappa shape index (κ1) is 12.8. The van der Waals surface area contributed by atoms with Crippen molar-refractivity contribution in [2.45, 2.75) is 43.9 Å². The van der Waals surface area contributed by atoms with Crippen LogP contribution in [0.5, 0.6) is 0 Å². The number of carbonyl (C=O) groups is 3. The Kier molecular flexibility index (Phi) is 3.81. The van der Waals surface area contributed by atoms with Gasteiger partial charge in [0, 0.05) is 6.04 Å². The molecular weight excluding hydrogens is 240 g/mol. The largest absolute Gasteiger partial charge is 0.479 e. The number of rotatable bonds is 5. The molecule has 7 heteroatoms. The maximum absolute atomic E-state index is 11.6. The molecule has 18 heavy (non-hydrogen) atoms. The van der Waals surface area contributed by atoms with Crippen LogP contribution in [0.25, 0.3) is 0 Å². The summed E-state index contributed by atoms with van der Waals surface area (Å²) in [6.07, 6.45) is 0.993.